The van der Waals surface area contributed by atoms with Crippen LogP contribution in [-0.4, -0.2) is 38.3 Å². The van der Waals surface area contributed by atoms with Crippen molar-refractivity contribution in [1.29, 1.82) is 0 Å². The van der Waals surface area contributed by atoms with Crippen molar-refractivity contribution in [2.24, 2.45) is 0 Å². The third-order valence-corrected chi connectivity index (χ3v) is 3.86. The van der Waals surface area contributed by atoms with Crippen molar-refractivity contribution in [3.05, 3.63) is 35.5 Å². The molecule has 2 aromatic rings. The van der Waals surface area contributed by atoms with E-state index < -0.39 is 36.0 Å². The van der Waals surface area contributed by atoms with Gasteiger partial charge in [0.2, 0.25) is 0 Å². The van der Waals surface area contributed by atoms with Crippen LogP contribution in [0.4, 0.5) is 32.2 Å². The van der Waals surface area contributed by atoms with E-state index in [9.17, 15) is 36.2 Å². The van der Waals surface area contributed by atoms with E-state index in [0.717, 1.165) is 16.8 Å². The quantitative estimate of drug-likeness (QED) is 0.689. The van der Waals surface area contributed by atoms with Crippen LogP contribution in [0, 0.1) is 6.92 Å². The van der Waals surface area contributed by atoms with Crippen molar-refractivity contribution in [1.82, 2.24) is 9.78 Å². The molecule has 12 heteroatoms. The summed E-state index contributed by atoms with van der Waals surface area (Å²) in [5, 5.41) is 22.0. The molecule has 4 N–H and O–H groups in total. The molecule has 1 aromatic carbocycles. The summed E-state index contributed by atoms with van der Waals surface area (Å²) in [4.78, 5) is 10.8. The first-order chi connectivity index (χ1) is 12.2. The molecule has 2 rings (SSSR count). The molecule has 0 aliphatic carbocycles. The van der Waals surface area contributed by atoms with Crippen molar-refractivity contribution in [2.45, 2.75) is 31.4 Å². The highest BCUT2D eigenvalue weighted by Gasteiger charge is 2.71. The molecule has 0 fully saturated rings. The molecule has 27 heavy (non-hydrogen) atoms. The van der Waals surface area contributed by atoms with Crippen LogP contribution >= 0.6 is 0 Å². The number of alkyl halides is 6. The molecule has 0 aliphatic heterocycles. The minimum absolute atomic E-state index is 0.108. The SMILES string of the molecule is Cc1nn(CC(=O)O)c(N)c1-c1ccc(C(O)(C(F)(F)F)C(F)(F)F)cc1. The van der Waals surface area contributed by atoms with Gasteiger partial charge in [0, 0.05) is 11.1 Å². The zero-order valence-corrected chi connectivity index (χ0v) is 13.6. The number of aromatic nitrogens is 2. The minimum Gasteiger partial charge on any atom is -0.480 e. The average molecular weight is 397 g/mol. The summed E-state index contributed by atoms with van der Waals surface area (Å²) in [6.07, 6.45) is -12.0. The Balaban J connectivity index is 2.53. The van der Waals surface area contributed by atoms with Crippen molar-refractivity contribution in [3.8, 4) is 11.1 Å². The van der Waals surface area contributed by atoms with Crippen molar-refractivity contribution >= 4 is 11.8 Å². The lowest BCUT2D eigenvalue weighted by Crippen LogP contribution is -2.53. The van der Waals surface area contributed by atoms with Crippen LogP contribution in [-0.2, 0) is 16.9 Å². The number of rotatable bonds is 4. The fourth-order valence-corrected chi connectivity index (χ4v) is 2.57. The molecule has 0 aliphatic rings. The van der Waals surface area contributed by atoms with Gasteiger partial charge < -0.3 is 15.9 Å². The van der Waals surface area contributed by atoms with E-state index in [1.54, 1.807) is 0 Å². The van der Waals surface area contributed by atoms with Gasteiger partial charge in [0.05, 0.1) is 5.69 Å². The highest BCUT2D eigenvalue weighted by atomic mass is 19.4. The van der Waals surface area contributed by atoms with Gasteiger partial charge in [0.1, 0.15) is 12.4 Å². The van der Waals surface area contributed by atoms with Crippen LogP contribution in [0.25, 0.3) is 11.1 Å². The Morgan fingerprint density at radius 2 is 1.59 bits per heavy atom. The lowest BCUT2D eigenvalue weighted by molar-refractivity contribution is -0.376. The topological polar surface area (TPSA) is 101 Å². The summed E-state index contributed by atoms with van der Waals surface area (Å²) < 4.78 is 78.4. The molecule has 0 bridgehead atoms. The number of hydrogen-bond acceptors (Lipinski definition) is 4. The largest absolute Gasteiger partial charge is 0.480 e. The Bertz CT molecular complexity index is 841. The maximum absolute atomic E-state index is 12.9. The number of aryl methyl sites for hydroxylation is 1. The molecule has 0 spiro atoms. The normalized spacial score (nSPS) is 13.0. The first-order valence-corrected chi connectivity index (χ1v) is 7.21. The number of halogens is 6. The van der Waals surface area contributed by atoms with E-state index in [1.807, 2.05) is 0 Å². The number of carboxylic acid groups (broad SMARTS) is 1. The number of hydrogen-bond donors (Lipinski definition) is 3. The van der Waals surface area contributed by atoms with Gasteiger partial charge >= 0.3 is 18.3 Å². The number of carboxylic acids is 1. The fourth-order valence-electron chi connectivity index (χ4n) is 2.57. The van der Waals surface area contributed by atoms with Crippen LogP contribution in [0.1, 0.15) is 11.3 Å². The fraction of sp³-hybridized carbons (Fsp3) is 0.333. The summed E-state index contributed by atoms with van der Waals surface area (Å²) >= 11 is 0. The molecule has 1 aromatic heterocycles. The zero-order valence-electron chi connectivity index (χ0n) is 13.6. The first-order valence-electron chi connectivity index (χ1n) is 7.21. The molecule has 0 unspecified atom stereocenters. The number of nitrogen functional groups attached to an aromatic ring is 1. The number of nitrogens with zero attached hydrogens (tertiary/aromatic N) is 2. The maximum Gasteiger partial charge on any atom is 0.430 e. The van der Waals surface area contributed by atoms with Gasteiger partial charge in [0.25, 0.3) is 5.60 Å². The van der Waals surface area contributed by atoms with Crippen LogP contribution in [0.15, 0.2) is 24.3 Å². The predicted octanol–water partition coefficient (Wildman–Crippen LogP) is 2.84. The number of benzene rings is 1. The number of aliphatic hydroxyl groups is 1. The van der Waals surface area contributed by atoms with E-state index >= 15 is 0 Å². The standard InChI is InChI=1S/C15H13F6N3O3/c1-7-11(12(22)24(23-7)6-10(25)26)8-2-4-9(5-3-8)13(27,14(16,17)18)15(19,20)21/h2-5,27H,6,22H2,1H3,(H,25,26). The van der Waals surface area contributed by atoms with Crippen LogP contribution in [0.3, 0.4) is 0 Å². The number of carbonyl (C=O) groups is 1. The van der Waals surface area contributed by atoms with Gasteiger partial charge in [-0.15, -0.1) is 0 Å². The van der Waals surface area contributed by atoms with E-state index in [2.05, 4.69) is 5.10 Å². The lowest BCUT2D eigenvalue weighted by Gasteiger charge is -2.32. The second-order valence-electron chi connectivity index (χ2n) is 5.68. The summed E-state index contributed by atoms with van der Waals surface area (Å²) in [5.74, 6) is -1.36. The lowest BCUT2D eigenvalue weighted by atomic mass is 9.90. The van der Waals surface area contributed by atoms with E-state index in [1.165, 1.54) is 6.92 Å². The molecule has 0 amide bonds. The summed E-state index contributed by atoms with van der Waals surface area (Å²) in [7, 11) is 0. The number of nitrogens with two attached hydrogens (primary N) is 1. The third-order valence-electron chi connectivity index (χ3n) is 3.86. The highest BCUT2D eigenvalue weighted by molar-refractivity contribution is 5.78. The molecule has 0 saturated heterocycles. The Morgan fingerprint density at radius 1 is 1.11 bits per heavy atom. The van der Waals surface area contributed by atoms with Crippen LogP contribution in [0.2, 0.25) is 0 Å². The highest BCUT2D eigenvalue weighted by Crippen LogP contribution is 2.50. The van der Waals surface area contributed by atoms with E-state index in [-0.39, 0.29) is 22.6 Å². The van der Waals surface area contributed by atoms with E-state index in [4.69, 9.17) is 10.8 Å². The molecular formula is C15H13F6N3O3. The van der Waals surface area contributed by atoms with Gasteiger partial charge in [-0.05, 0) is 12.5 Å². The van der Waals surface area contributed by atoms with Gasteiger partial charge in [-0.1, -0.05) is 24.3 Å². The van der Waals surface area contributed by atoms with Gasteiger partial charge in [-0.3, -0.25) is 4.79 Å². The Kier molecular flexibility index (Phi) is 4.90. The summed E-state index contributed by atoms with van der Waals surface area (Å²) in [5.41, 5.74) is -0.185. The van der Waals surface area contributed by atoms with Crippen molar-refractivity contribution in [2.75, 3.05) is 5.73 Å². The van der Waals surface area contributed by atoms with Crippen molar-refractivity contribution in [3.63, 3.8) is 0 Å². The molecule has 0 atom stereocenters. The third kappa shape index (κ3) is 3.44. The summed E-state index contributed by atoms with van der Waals surface area (Å²) in [6, 6.07) is 2.76. The van der Waals surface area contributed by atoms with E-state index in [0.29, 0.717) is 12.1 Å². The number of anilines is 1. The monoisotopic (exact) mass is 397 g/mol. The van der Waals surface area contributed by atoms with Gasteiger partial charge in [-0.25, -0.2) is 4.68 Å². The first kappa shape index (κ1) is 20.6. The molecule has 1 heterocycles. The molecule has 0 saturated carbocycles. The second kappa shape index (κ2) is 6.44. The second-order valence-corrected chi connectivity index (χ2v) is 5.68. The Morgan fingerprint density at radius 3 is 2.00 bits per heavy atom. The van der Waals surface area contributed by atoms with Crippen LogP contribution in [0.5, 0.6) is 0 Å². The Hall–Kier alpha value is -2.76. The summed E-state index contributed by atoms with van der Waals surface area (Å²) in [6.45, 7) is 0.867. The molecular weight excluding hydrogens is 384 g/mol. The smallest absolute Gasteiger partial charge is 0.430 e. The average Bonchev–Trinajstić information content (AvgIpc) is 2.78. The minimum atomic E-state index is -5.99. The zero-order chi connectivity index (χ0) is 20.8. The van der Waals surface area contributed by atoms with Gasteiger partial charge in [-0.2, -0.15) is 31.4 Å². The number of aliphatic carboxylic acids is 1. The molecule has 0 radical (unpaired) electrons. The predicted molar refractivity (Wildman–Crippen MR) is 80.5 cm³/mol. The van der Waals surface area contributed by atoms with Crippen LogP contribution < -0.4 is 5.73 Å². The molecule has 148 valence electrons. The van der Waals surface area contributed by atoms with Gasteiger partial charge in [0.15, 0.2) is 0 Å². The maximum atomic E-state index is 12.9. The molecule has 6 nitrogen and oxygen atoms in total. The van der Waals surface area contributed by atoms with Crippen molar-refractivity contribution < 1.29 is 41.4 Å². The Labute approximate surface area is 147 Å².